The lowest BCUT2D eigenvalue weighted by Crippen LogP contribution is -2.09. The summed E-state index contributed by atoms with van der Waals surface area (Å²) < 4.78 is 29.8. The van der Waals surface area contributed by atoms with Crippen LogP contribution in [0.3, 0.4) is 0 Å². The van der Waals surface area contributed by atoms with Crippen molar-refractivity contribution in [1.29, 1.82) is 0 Å². The number of hydrogen-bond acceptors (Lipinski definition) is 3. The molecule has 1 aromatic rings. The first-order valence-corrected chi connectivity index (χ1v) is 6.56. The van der Waals surface area contributed by atoms with Gasteiger partial charge < -0.3 is 4.74 Å². The highest BCUT2D eigenvalue weighted by atomic mass is 32.2. The summed E-state index contributed by atoms with van der Waals surface area (Å²) in [6.45, 7) is 2.33. The van der Waals surface area contributed by atoms with E-state index in [9.17, 15) is 8.42 Å². The van der Waals surface area contributed by atoms with Crippen molar-refractivity contribution in [3.8, 4) is 18.1 Å². The molecule has 0 atom stereocenters. The number of terminal acetylenes is 1. The van der Waals surface area contributed by atoms with E-state index < -0.39 is 10.0 Å². The Morgan fingerprint density at radius 1 is 1.44 bits per heavy atom. The first-order valence-electron chi connectivity index (χ1n) is 4.67. The Bertz CT molecular complexity index is 515. The van der Waals surface area contributed by atoms with E-state index >= 15 is 0 Å². The Kier molecular flexibility index (Phi) is 3.80. The number of hydrogen-bond donors (Lipinski definition) is 1. The van der Waals surface area contributed by atoms with Gasteiger partial charge in [-0.25, -0.2) is 8.42 Å². The highest BCUT2D eigenvalue weighted by Gasteiger charge is 2.05. The average molecular weight is 239 g/mol. The molecule has 0 bridgehead atoms. The predicted molar refractivity (Wildman–Crippen MR) is 64.0 cm³/mol. The number of benzene rings is 1. The van der Waals surface area contributed by atoms with Gasteiger partial charge in [0.1, 0.15) is 5.75 Å². The largest absolute Gasteiger partial charge is 0.494 e. The molecule has 1 aromatic carbocycles. The quantitative estimate of drug-likeness (QED) is 0.809. The molecule has 0 saturated carbocycles. The molecule has 0 aromatic heterocycles. The molecule has 4 nitrogen and oxygen atoms in total. The molecular weight excluding hydrogens is 226 g/mol. The van der Waals surface area contributed by atoms with Gasteiger partial charge in [0, 0.05) is 11.6 Å². The standard InChI is InChI=1S/C11H13NO3S/c1-4-9-6-10(12-16(3,13)14)8-11(7-9)15-5-2/h1,6-8,12H,5H2,2-3H3. The minimum atomic E-state index is -3.31. The number of rotatable bonds is 4. The third kappa shape index (κ3) is 3.83. The number of ether oxygens (including phenoxy) is 1. The lowest BCUT2D eigenvalue weighted by atomic mass is 10.2. The van der Waals surface area contributed by atoms with E-state index in [1.165, 1.54) is 0 Å². The second-order valence-electron chi connectivity index (χ2n) is 3.20. The molecule has 0 unspecified atom stereocenters. The molecule has 0 aliphatic heterocycles. The number of anilines is 1. The molecule has 0 fully saturated rings. The summed E-state index contributed by atoms with van der Waals surface area (Å²) in [5, 5.41) is 0. The molecule has 1 N–H and O–H groups in total. The average Bonchev–Trinajstić information content (AvgIpc) is 2.15. The van der Waals surface area contributed by atoms with E-state index in [0.717, 1.165) is 6.26 Å². The van der Waals surface area contributed by atoms with Crippen LogP contribution in [-0.2, 0) is 10.0 Å². The summed E-state index contributed by atoms with van der Waals surface area (Å²) in [7, 11) is -3.31. The molecule has 0 amide bonds. The second-order valence-corrected chi connectivity index (χ2v) is 4.95. The molecule has 1 rings (SSSR count). The zero-order valence-electron chi connectivity index (χ0n) is 9.15. The van der Waals surface area contributed by atoms with Gasteiger partial charge in [-0.1, -0.05) is 5.92 Å². The van der Waals surface area contributed by atoms with Gasteiger partial charge >= 0.3 is 0 Å². The Morgan fingerprint density at radius 3 is 2.62 bits per heavy atom. The maximum Gasteiger partial charge on any atom is 0.229 e. The van der Waals surface area contributed by atoms with Gasteiger partial charge in [0.2, 0.25) is 10.0 Å². The number of sulfonamides is 1. The summed E-state index contributed by atoms with van der Waals surface area (Å²) in [4.78, 5) is 0. The third-order valence-electron chi connectivity index (χ3n) is 1.69. The van der Waals surface area contributed by atoms with Crippen LogP contribution < -0.4 is 9.46 Å². The van der Waals surface area contributed by atoms with E-state index in [2.05, 4.69) is 10.6 Å². The van der Waals surface area contributed by atoms with Crippen molar-refractivity contribution in [2.75, 3.05) is 17.6 Å². The molecule has 16 heavy (non-hydrogen) atoms. The van der Waals surface area contributed by atoms with Crippen LogP contribution in [0.2, 0.25) is 0 Å². The first kappa shape index (κ1) is 12.4. The molecule has 0 aliphatic carbocycles. The molecule has 0 radical (unpaired) electrons. The van der Waals surface area contributed by atoms with E-state index in [1.54, 1.807) is 18.2 Å². The molecule has 0 saturated heterocycles. The smallest absolute Gasteiger partial charge is 0.229 e. The van der Waals surface area contributed by atoms with Gasteiger partial charge in [-0.2, -0.15) is 0 Å². The Morgan fingerprint density at radius 2 is 2.12 bits per heavy atom. The fourth-order valence-electron chi connectivity index (χ4n) is 1.21. The minimum absolute atomic E-state index is 0.404. The predicted octanol–water partition coefficient (Wildman–Crippen LogP) is 1.44. The van der Waals surface area contributed by atoms with Gasteiger partial charge in [0.05, 0.1) is 18.6 Å². The van der Waals surface area contributed by atoms with Gasteiger partial charge in [-0.15, -0.1) is 6.42 Å². The van der Waals surface area contributed by atoms with Gasteiger partial charge in [-0.3, -0.25) is 4.72 Å². The van der Waals surface area contributed by atoms with Crippen LogP contribution in [-0.4, -0.2) is 21.3 Å². The summed E-state index contributed by atoms with van der Waals surface area (Å²) in [6, 6.07) is 4.84. The second kappa shape index (κ2) is 4.90. The SMILES string of the molecule is C#Cc1cc(NS(C)(=O)=O)cc(OCC)c1. The zero-order chi connectivity index (χ0) is 12.2. The van der Waals surface area contributed by atoms with Crippen LogP contribution in [0.4, 0.5) is 5.69 Å². The Balaban J connectivity index is 3.10. The molecule has 5 heteroatoms. The van der Waals surface area contributed by atoms with Gasteiger partial charge in [-0.05, 0) is 19.1 Å². The highest BCUT2D eigenvalue weighted by molar-refractivity contribution is 7.92. The maximum atomic E-state index is 11.1. The fraction of sp³-hybridized carbons (Fsp3) is 0.273. The maximum absolute atomic E-state index is 11.1. The summed E-state index contributed by atoms with van der Waals surface area (Å²) in [6.07, 6.45) is 6.34. The molecule has 86 valence electrons. The third-order valence-corrected chi connectivity index (χ3v) is 2.29. The lowest BCUT2D eigenvalue weighted by Gasteiger charge is -2.08. The van der Waals surface area contributed by atoms with Crippen molar-refractivity contribution in [2.24, 2.45) is 0 Å². The van der Waals surface area contributed by atoms with Crippen LogP contribution >= 0.6 is 0 Å². The minimum Gasteiger partial charge on any atom is -0.494 e. The van der Waals surface area contributed by atoms with Crippen LogP contribution in [0, 0.1) is 12.3 Å². The Hall–Kier alpha value is -1.67. The van der Waals surface area contributed by atoms with Crippen molar-refractivity contribution in [3.05, 3.63) is 23.8 Å². The highest BCUT2D eigenvalue weighted by Crippen LogP contribution is 2.21. The van der Waals surface area contributed by atoms with E-state index in [1.807, 2.05) is 6.92 Å². The molecule has 0 spiro atoms. The number of nitrogens with one attached hydrogen (secondary N) is 1. The molecular formula is C11H13NO3S. The monoisotopic (exact) mass is 239 g/mol. The van der Waals surface area contributed by atoms with Crippen molar-refractivity contribution in [2.45, 2.75) is 6.92 Å². The van der Waals surface area contributed by atoms with Crippen molar-refractivity contribution in [1.82, 2.24) is 0 Å². The zero-order valence-corrected chi connectivity index (χ0v) is 9.97. The van der Waals surface area contributed by atoms with Crippen LogP contribution in [0.5, 0.6) is 5.75 Å². The fourth-order valence-corrected chi connectivity index (χ4v) is 1.75. The lowest BCUT2D eigenvalue weighted by molar-refractivity contribution is 0.340. The van der Waals surface area contributed by atoms with Gasteiger partial charge in [0.15, 0.2) is 0 Å². The summed E-state index contributed by atoms with van der Waals surface area (Å²) >= 11 is 0. The first-order chi connectivity index (χ1) is 7.44. The summed E-state index contributed by atoms with van der Waals surface area (Å²) in [5.41, 5.74) is 0.971. The van der Waals surface area contributed by atoms with E-state index in [0.29, 0.717) is 23.6 Å². The summed E-state index contributed by atoms with van der Waals surface area (Å²) in [5.74, 6) is 2.98. The van der Waals surface area contributed by atoms with E-state index in [4.69, 9.17) is 11.2 Å². The van der Waals surface area contributed by atoms with Gasteiger partial charge in [0.25, 0.3) is 0 Å². The normalized spacial score (nSPS) is 10.6. The van der Waals surface area contributed by atoms with Crippen LogP contribution in [0.1, 0.15) is 12.5 Å². The van der Waals surface area contributed by atoms with Crippen molar-refractivity contribution in [3.63, 3.8) is 0 Å². The molecule has 0 heterocycles. The van der Waals surface area contributed by atoms with Crippen LogP contribution in [0.15, 0.2) is 18.2 Å². The van der Waals surface area contributed by atoms with Crippen molar-refractivity contribution < 1.29 is 13.2 Å². The van der Waals surface area contributed by atoms with Crippen molar-refractivity contribution >= 4 is 15.7 Å². The molecule has 0 aliphatic rings. The Labute approximate surface area is 95.7 Å². The van der Waals surface area contributed by atoms with Crippen LogP contribution in [0.25, 0.3) is 0 Å². The topological polar surface area (TPSA) is 55.4 Å². The van der Waals surface area contributed by atoms with E-state index in [-0.39, 0.29) is 0 Å².